The van der Waals surface area contributed by atoms with Gasteiger partial charge >= 0.3 is 0 Å². The molecule has 4 heterocycles. The Bertz CT molecular complexity index is 610. The molecule has 5 heteroatoms. The second-order valence-electron chi connectivity index (χ2n) is 7.92. The van der Waals surface area contributed by atoms with Crippen molar-refractivity contribution < 1.29 is 4.79 Å². The van der Waals surface area contributed by atoms with Crippen LogP contribution in [0.3, 0.4) is 0 Å². The average molecular weight is 348 g/mol. The van der Waals surface area contributed by atoms with Gasteiger partial charge in [-0.15, -0.1) is 11.3 Å². The maximum atomic E-state index is 13.1. The van der Waals surface area contributed by atoms with Crippen molar-refractivity contribution in [3.63, 3.8) is 0 Å². The van der Waals surface area contributed by atoms with E-state index in [-0.39, 0.29) is 5.91 Å². The lowest BCUT2D eigenvalue weighted by molar-refractivity contribution is 0.0720. The topological polar surface area (TPSA) is 36.4 Å². The van der Waals surface area contributed by atoms with Crippen molar-refractivity contribution in [2.75, 3.05) is 26.2 Å². The van der Waals surface area contributed by atoms with Gasteiger partial charge in [0.2, 0.25) is 0 Å². The smallest absolute Gasteiger partial charge is 0.265 e. The fourth-order valence-electron chi connectivity index (χ4n) is 4.60. The molecular formula is C19H29N3OS. The van der Waals surface area contributed by atoms with E-state index in [0.29, 0.717) is 12.0 Å². The van der Waals surface area contributed by atoms with Crippen LogP contribution in [0.25, 0.3) is 0 Å². The van der Waals surface area contributed by atoms with Crippen LogP contribution < -0.4 is 0 Å². The lowest BCUT2D eigenvalue weighted by Gasteiger charge is -2.40. The standard InChI is InChI=1S/C19H29N3OS/c1-3-17-18(24-13(2)20-17)19(23)22-11-15-7-8-16(12-22)21(10-15)9-14-5-4-6-14/h14-16H,3-12H2,1-2H3/t15-,16-/m0/s1. The van der Waals surface area contributed by atoms with Crippen molar-refractivity contribution in [2.24, 2.45) is 11.8 Å². The fraction of sp³-hybridized carbons (Fsp3) is 0.789. The summed E-state index contributed by atoms with van der Waals surface area (Å²) in [6.45, 7) is 8.43. The molecule has 3 saturated heterocycles. The molecule has 0 unspecified atom stereocenters. The first-order valence-electron chi connectivity index (χ1n) is 9.63. The van der Waals surface area contributed by atoms with Crippen LogP contribution in [-0.4, -0.2) is 52.9 Å². The third-order valence-corrected chi connectivity index (χ3v) is 7.17. The first-order chi connectivity index (χ1) is 11.6. The van der Waals surface area contributed by atoms with Gasteiger partial charge < -0.3 is 4.90 Å². The van der Waals surface area contributed by atoms with E-state index in [2.05, 4.69) is 21.7 Å². The van der Waals surface area contributed by atoms with E-state index in [9.17, 15) is 4.79 Å². The van der Waals surface area contributed by atoms with Crippen molar-refractivity contribution in [3.05, 3.63) is 15.6 Å². The van der Waals surface area contributed by atoms with Gasteiger partial charge in [-0.2, -0.15) is 0 Å². The van der Waals surface area contributed by atoms with E-state index < -0.39 is 0 Å². The molecule has 1 amide bonds. The van der Waals surface area contributed by atoms with Gasteiger partial charge in [-0.3, -0.25) is 9.69 Å². The molecule has 0 radical (unpaired) electrons. The van der Waals surface area contributed by atoms with E-state index in [1.807, 2.05) is 6.92 Å². The van der Waals surface area contributed by atoms with E-state index in [4.69, 9.17) is 0 Å². The van der Waals surface area contributed by atoms with Crippen LogP contribution in [-0.2, 0) is 6.42 Å². The highest BCUT2D eigenvalue weighted by atomic mass is 32.1. The molecule has 24 heavy (non-hydrogen) atoms. The number of rotatable bonds is 4. The summed E-state index contributed by atoms with van der Waals surface area (Å²) >= 11 is 1.58. The summed E-state index contributed by atoms with van der Waals surface area (Å²) in [7, 11) is 0. The lowest BCUT2D eigenvalue weighted by atomic mass is 9.83. The summed E-state index contributed by atoms with van der Waals surface area (Å²) in [6, 6.07) is 0.576. The van der Waals surface area contributed by atoms with Gasteiger partial charge in [-0.1, -0.05) is 13.3 Å². The quantitative estimate of drug-likeness (QED) is 0.838. The predicted molar refractivity (Wildman–Crippen MR) is 97.6 cm³/mol. The molecule has 4 nitrogen and oxygen atoms in total. The highest BCUT2D eigenvalue weighted by Gasteiger charge is 2.38. The number of piperidine rings is 1. The number of nitrogens with zero attached hydrogens (tertiary/aromatic N) is 3. The largest absolute Gasteiger partial charge is 0.336 e. The number of thiazole rings is 1. The monoisotopic (exact) mass is 347 g/mol. The Labute approximate surface area is 149 Å². The maximum absolute atomic E-state index is 13.1. The third kappa shape index (κ3) is 3.13. The molecule has 0 N–H and O–H groups in total. The number of hydrogen-bond donors (Lipinski definition) is 0. The minimum absolute atomic E-state index is 0.236. The highest BCUT2D eigenvalue weighted by Crippen LogP contribution is 2.34. The van der Waals surface area contributed by atoms with Gasteiger partial charge in [0.15, 0.2) is 0 Å². The van der Waals surface area contributed by atoms with Crippen LogP contribution in [0.15, 0.2) is 0 Å². The maximum Gasteiger partial charge on any atom is 0.265 e. The minimum atomic E-state index is 0.236. The molecule has 1 aromatic heterocycles. The van der Waals surface area contributed by atoms with Gasteiger partial charge in [0.05, 0.1) is 10.7 Å². The molecule has 1 aliphatic carbocycles. The molecular weight excluding hydrogens is 318 g/mol. The second kappa shape index (κ2) is 6.75. The van der Waals surface area contributed by atoms with Crippen LogP contribution >= 0.6 is 11.3 Å². The lowest BCUT2D eigenvalue weighted by Crippen LogP contribution is -2.47. The molecule has 3 aliphatic heterocycles. The minimum Gasteiger partial charge on any atom is -0.336 e. The molecule has 0 spiro atoms. The van der Waals surface area contributed by atoms with Gasteiger partial charge in [0, 0.05) is 32.2 Å². The van der Waals surface area contributed by atoms with Crippen molar-refractivity contribution >= 4 is 17.2 Å². The summed E-state index contributed by atoms with van der Waals surface area (Å²) in [5, 5.41) is 1.01. The van der Waals surface area contributed by atoms with Gasteiger partial charge in [0.1, 0.15) is 4.88 Å². The number of aryl methyl sites for hydroxylation is 2. The second-order valence-corrected chi connectivity index (χ2v) is 9.12. The van der Waals surface area contributed by atoms with Crippen LogP contribution in [0.2, 0.25) is 0 Å². The molecule has 132 valence electrons. The van der Waals surface area contributed by atoms with Crippen molar-refractivity contribution in [2.45, 2.75) is 58.4 Å². The Morgan fingerprint density at radius 2 is 2.04 bits per heavy atom. The summed E-state index contributed by atoms with van der Waals surface area (Å²) in [5.74, 6) is 1.82. The highest BCUT2D eigenvalue weighted by molar-refractivity contribution is 7.13. The number of amides is 1. The van der Waals surface area contributed by atoms with Crippen molar-refractivity contribution in [1.29, 1.82) is 0 Å². The Morgan fingerprint density at radius 3 is 2.75 bits per heavy atom. The summed E-state index contributed by atoms with van der Waals surface area (Å²) < 4.78 is 0. The zero-order valence-corrected chi connectivity index (χ0v) is 15.8. The summed E-state index contributed by atoms with van der Waals surface area (Å²) in [6.07, 6.45) is 7.65. The van der Waals surface area contributed by atoms with E-state index in [1.54, 1.807) is 11.3 Å². The summed E-state index contributed by atoms with van der Waals surface area (Å²) in [4.78, 5) is 23.4. The average Bonchev–Trinajstić information content (AvgIpc) is 2.71. The van der Waals surface area contributed by atoms with E-state index >= 15 is 0 Å². The number of aromatic nitrogens is 1. The number of carbonyl (C=O) groups excluding carboxylic acids is 1. The van der Waals surface area contributed by atoms with Gasteiger partial charge in [-0.25, -0.2) is 4.98 Å². The fourth-order valence-corrected chi connectivity index (χ4v) is 5.57. The number of carbonyl (C=O) groups is 1. The Balaban J connectivity index is 1.49. The van der Waals surface area contributed by atoms with E-state index in [1.165, 1.54) is 45.2 Å². The Morgan fingerprint density at radius 1 is 1.21 bits per heavy atom. The van der Waals surface area contributed by atoms with Crippen LogP contribution in [0.1, 0.15) is 59.4 Å². The van der Waals surface area contributed by atoms with Gasteiger partial charge in [-0.05, 0) is 50.9 Å². The SMILES string of the molecule is CCc1nc(C)sc1C(=O)N1C[C@H]2CC[C@@H](C1)N(CC1CCC1)C2. The normalized spacial score (nSPS) is 28.0. The van der Waals surface area contributed by atoms with Crippen molar-refractivity contribution in [1.82, 2.24) is 14.8 Å². The molecule has 0 aromatic carbocycles. The zero-order valence-electron chi connectivity index (χ0n) is 15.0. The predicted octanol–water partition coefficient (Wildman–Crippen LogP) is 3.35. The van der Waals surface area contributed by atoms with Crippen LogP contribution in [0.4, 0.5) is 0 Å². The number of hydrogen-bond acceptors (Lipinski definition) is 4. The molecule has 1 aromatic rings. The molecule has 4 aliphatic rings. The Kier molecular flexibility index (Phi) is 4.65. The zero-order chi connectivity index (χ0) is 16.7. The first kappa shape index (κ1) is 16.5. The summed E-state index contributed by atoms with van der Waals surface area (Å²) in [5.41, 5.74) is 0.991. The molecule has 5 rings (SSSR count). The van der Waals surface area contributed by atoms with Gasteiger partial charge in [0.25, 0.3) is 5.91 Å². The van der Waals surface area contributed by atoms with Crippen LogP contribution in [0, 0.1) is 18.8 Å². The first-order valence-corrected chi connectivity index (χ1v) is 10.4. The third-order valence-electron chi connectivity index (χ3n) is 6.17. The van der Waals surface area contributed by atoms with E-state index in [0.717, 1.165) is 41.0 Å². The molecule has 2 atom stereocenters. The molecule has 4 fully saturated rings. The molecule has 1 saturated carbocycles. The Hall–Kier alpha value is -0.940. The molecule has 2 bridgehead atoms. The van der Waals surface area contributed by atoms with Crippen LogP contribution in [0.5, 0.6) is 0 Å². The van der Waals surface area contributed by atoms with Crippen molar-refractivity contribution in [3.8, 4) is 0 Å². The number of fused-ring (bicyclic) bond motifs is 4.